The molecule has 2 atom stereocenters. The Morgan fingerprint density at radius 1 is 1.42 bits per heavy atom. The summed E-state index contributed by atoms with van der Waals surface area (Å²) in [5.41, 5.74) is 7.90. The summed E-state index contributed by atoms with van der Waals surface area (Å²) in [7, 11) is 1.56. The van der Waals surface area contributed by atoms with Crippen LogP contribution in [0.15, 0.2) is 28.8 Å². The first kappa shape index (κ1) is 18.1. The molecule has 0 radical (unpaired) electrons. The van der Waals surface area contributed by atoms with Crippen LogP contribution in [0.2, 0.25) is 0 Å². The summed E-state index contributed by atoms with van der Waals surface area (Å²) >= 11 is 0. The van der Waals surface area contributed by atoms with Gasteiger partial charge in [0.25, 0.3) is 0 Å². The van der Waals surface area contributed by atoms with Gasteiger partial charge in [0, 0.05) is 38.0 Å². The Balaban J connectivity index is 1.62. The van der Waals surface area contributed by atoms with Crippen molar-refractivity contribution in [1.29, 1.82) is 0 Å². The van der Waals surface area contributed by atoms with Gasteiger partial charge < -0.3 is 20.5 Å². The molecule has 1 aromatic heterocycles. The van der Waals surface area contributed by atoms with E-state index in [9.17, 15) is 9.59 Å². The minimum absolute atomic E-state index is 0.137. The second kappa shape index (κ2) is 7.65. The number of nitrogens with two attached hydrogens (primary N) is 1. The zero-order valence-corrected chi connectivity index (χ0v) is 14.9. The number of benzene rings is 1. The summed E-state index contributed by atoms with van der Waals surface area (Å²) in [6, 6.07) is 7.11. The molecule has 0 aliphatic carbocycles. The lowest BCUT2D eigenvalue weighted by atomic mass is 10.1. The van der Waals surface area contributed by atoms with Crippen molar-refractivity contribution < 1.29 is 14.1 Å². The highest BCUT2D eigenvalue weighted by atomic mass is 16.5. The van der Waals surface area contributed by atoms with E-state index >= 15 is 0 Å². The summed E-state index contributed by atoms with van der Waals surface area (Å²) in [5.74, 6) is 0.574. The first-order valence-corrected chi connectivity index (χ1v) is 8.64. The highest BCUT2D eigenvalue weighted by molar-refractivity contribution is 5.88. The molecule has 2 aromatic rings. The van der Waals surface area contributed by atoms with Crippen molar-refractivity contribution in [3.8, 4) is 11.4 Å². The molecule has 0 bridgehead atoms. The van der Waals surface area contributed by atoms with E-state index in [1.165, 1.54) is 0 Å². The largest absolute Gasteiger partial charge is 0.357 e. The molecule has 2 heterocycles. The molecule has 0 unspecified atom stereocenters. The van der Waals surface area contributed by atoms with Gasteiger partial charge in [-0.15, -0.1) is 0 Å². The molecule has 26 heavy (non-hydrogen) atoms. The van der Waals surface area contributed by atoms with Gasteiger partial charge in [-0.25, -0.2) is 0 Å². The normalized spacial score (nSPS) is 19.6. The number of rotatable bonds is 5. The molecule has 3 N–H and O–H groups in total. The highest BCUT2D eigenvalue weighted by Gasteiger charge is 2.37. The number of nitrogens with zero attached hydrogens (tertiary/aromatic N) is 3. The Morgan fingerprint density at radius 3 is 2.96 bits per heavy atom. The summed E-state index contributed by atoms with van der Waals surface area (Å²) in [4.78, 5) is 30.3. The van der Waals surface area contributed by atoms with Crippen LogP contribution in [-0.4, -0.2) is 52.5 Å². The quantitative estimate of drug-likeness (QED) is 0.812. The number of carbonyl (C=O) groups is 2. The summed E-state index contributed by atoms with van der Waals surface area (Å²) in [6.45, 7) is 2.38. The number of amides is 2. The van der Waals surface area contributed by atoms with E-state index < -0.39 is 6.04 Å². The van der Waals surface area contributed by atoms with E-state index in [0.29, 0.717) is 31.1 Å². The maximum absolute atomic E-state index is 12.5. The molecule has 8 heteroatoms. The van der Waals surface area contributed by atoms with Crippen LogP contribution in [0, 0.1) is 6.92 Å². The van der Waals surface area contributed by atoms with Gasteiger partial charge in [-0.05, 0) is 19.4 Å². The van der Waals surface area contributed by atoms with Crippen molar-refractivity contribution in [1.82, 2.24) is 20.4 Å². The van der Waals surface area contributed by atoms with Crippen LogP contribution in [0.1, 0.15) is 24.3 Å². The third-order valence-corrected chi connectivity index (χ3v) is 4.50. The first-order valence-electron chi connectivity index (χ1n) is 8.64. The Hall–Kier alpha value is -2.74. The Bertz CT molecular complexity index is 804. The van der Waals surface area contributed by atoms with Crippen molar-refractivity contribution >= 4 is 11.8 Å². The van der Waals surface area contributed by atoms with E-state index in [4.69, 9.17) is 10.3 Å². The van der Waals surface area contributed by atoms with Crippen LogP contribution >= 0.6 is 0 Å². The lowest BCUT2D eigenvalue weighted by Gasteiger charge is -2.22. The standard InChI is InChI=1S/C18H23N5O3/c1-11-4-3-5-12(8-11)17-21-15(26-22-17)6-7-16(24)23-10-13(19)9-14(23)18(25)20-2/h3-5,8,13-14H,6-7,9-10,19H2,1-2H3,(H,20,25)/t13-,14+/m1/s1. The smallest absolute Gasteiger partial charge is 0.242 e. The Morgan fingerprint density at radius 2 is 2.23 bits per heavy atom. The minimum Gasteiger partial charge on any atom is -0.357 e. The predicted molar refractivity (Wildman–Crippen MR) is 95.0 cm³/mol. The molecular weight excluding hydrogens is 334 g/mol. The van der Waals surface area contributed by atoms with Crippen LogP contribution < -0.4 is 11.1 Å². The van der Waals surface area contributed by atoms with E-state index in [1.54, 1.807) is 11.9 Å². The number of hydrogen-bond acceptors (Lipinski definition) is 6. The third kappa shape index (κ3) is 3.91. The molecule has 2 amide bonds. The van der Waals surface area contributed by atoms with Gasteiger partial charge in [-0.1, -0.05) is 28.9 Å². The average molecular weight is 357 g/mol. The molecule has 0 spiro atoms. The van der Waals surface area contributed by atoms with Crippen LogP contribution in [0.4, 0.5) is 0 Å². The topological polar surface area (TPSA) is 114 Å². The lowest BCUT2D eigenvalue weighted by molar-refractivity contribution is -0.138. The first-order chi connectivity index (χ1) is 12.5. The fourth-order valence-electron chi connectivity index (χ4n) is 3.17. The van der Waals surface area contributed by atoms with E-state index in [0.717, 1.165) is 11.1 Å². The molecule has 1 aromatic carbocycles. The maximum atomic E-state index is 12.5. The van der Waals surface area contributed by atoms with E-state index in [2.05, 4.69) is 15.5 Å². The molecule has 3 rings (SSSR count). The number of likely N-dealkylation sites (tertiary alicyclic amines) is 1. The second-order valence-corrected chi connectivity index (χ2v) is 6.55. The van der Waals surface area contributed by atoms with Crippen molar-refractivity contribution in [2.75, 3.05) is 13.6 Å². The molecule has 8 nitrogen and oxygen atoms in total. The van der Waals surface area contributed by atoms with Crippen molar-refractivity contribution in [3.63, 3.8) is 0 Å². The highest BCUT2D eigenvalue weighted by Crippen LogP contribution is 2.20. The second-order valence-electron chi connectivity index (χ2n) is 6.55. The van der Waals surface area contributed by atoms with Crippen molar-refractivity contribution in [2.24, 2.45) is 5.73 Å². The summed E-state index contributed by atoms with van der Waals surface area (Å²) in [6.07, 6.45) is 0.989. The number of nitrogens with one attached hydrogen (secondary N) is 1. The molecule has 1 fully saturated rings. The number of aromatic nitrogens is 2. The molecule has 1 aliphatic rings. The average Bonchev–Trinajstić information content (AvgIpc) is 3.26. The Kier molecular flexibility index (Phi) is 5.32. The molecule has 1 aliphatic heterocycles. The van der Waals surface area contributed by atoms with E-state index in [1.807, 2.05) is 31.2 Å². The molecule has 138 valence electrons. The van der Waals surface area contributed by atoms with Gasteiger partial charge >= 0.3 is 0 Å². The van der Waals surface area contributed by atoms with Crippen molar-refractivity contribution in [3.05, 3.63) is 35.7 Å². The van der Waals surface area contributed by atoms with Gasteiger partial charge in [0.2, 0.25) is 23.5 Å². The van der Waals surface area contributed by atoms with Crippen LogP contribution in [-0.2, 0) is 16.0 Å². The number of likely N-dealkylation sites (N-methyl/N-ethyl adjacent to an activating group) is 1. The number of carbonyl (C=O) groups excluding carboxylic acids is 2. The summed E-state index contributed by atoms with van der Waals surface area (Å²) in [5, 5.41) is 6.56. The monoisotopic (exact) mass is 357 g/mol. The fourth-order valence-corrected chi connectivity index (χ4v) is 3.17. The predicted octanol–water partition coefficient (Wildman–Crippen LogP) is 0.652. The van der Waals surface area contributed by atoms with Gasteiger partial charge in [0.1, 0.15) is 6.04 Å². The molecular formula is C18H23N5O3. The van der Waals surface area contributed by atoms with Crippen LogP contribution in [0.25, 0.3) is 11.4 Å². The third-order valence-electron chi connectivity index (χ3n) is 4.50. The minimum atomic E-state index is -0.506. The van der Waals surface area contributed by atoms with Gasteiger partial charge in [-0.2, -0.15) is 4.98 Å². The van der Waals surface area contributed by atoms with Crippen LogP contribution in [0.3, 0.4) is 0 Å². The van der Waals surface area contributed by atoms with E-state index in [-0.39, 0.29) is 24.3 Å². The lowest BCUT2D eigenvalue weighted by Crippen LogP contribution is -2.45. The van der Waals surface area contributed by atoms with Crippen LogP contribution in [0.5, 0.6) is 0 Å². The van der Waals surface area contributed by atoms with Gasteiger partial charge in [-0.3, -0.25) is 9.59 Å². The molecule has 0 saturated carbocycles. The zero-order valence-electron chi connectivity index (χ0n) is 14.9. The number of hydrogen-bond donors (Lipinski definition) is 2. The molecule has 1 saturated heterocycles. The SMILES string of the molecule is CNC(=O)[C@@H]1C[C@@H](N)CN1C(=O)CCc1nc(-c2cccc(C)c2)no1. The van der Waals surface area contributed by atoms with Gasteiger partial charge in [0.05, 0.1) is 0 Å². The maximum Gasteiger partial charge on any atom is 0.242 e. The fraction of sp³-hybridized carbons (Fsp3) is 0.444. The van der Waals surface area contributed by atoms with Gasteiger partial charge in [0.15, 0.2) is 0 Å². The zero-order chi connectivity index (χ0) is 18.7. The number of aryl methyl sites for hydroxylation is 2. The van der Waals surface area contributed by atoms with Crippen molar-refractivity contribution in [2.45, 2.75) is 38.3 Å². The summed E-state index contributed by atoms with van der Waals surface area (Å²) < 4.78 is 5.25. The Labute approximate surface area is 151 Å².